The predicted octanol–water partition coefficient (Wildman–Crippen LogP) is 4.72. The Bertz CT molecular complexity index is 1400. The zero-order valence-corrected chi connectivity index (χ0v) is 20.7. The van der Waals surface area contributed by atoms with Crippen molar-refractivity contribution < 1.29 is 22.3 Å². The van der Waals surface area contributed by atoms with E-state index >= 15 is 0 Å². The maximum absolute atomic E-state index is 14.7. The quantitative estimate of drug-likeness (QED) is 0.441. The monoisotopic (exact) mass is 517 g/mol. The minimum absolute atomic E-state index is 0.0217. The average molecular weight is 518 g/mol. The molecule has 0 spiro atoms. The van der Waals surface area contributed by atoms with Crippen LogP contribution in [0.5, 0.6) is 5.75 Å². The van der Waals surface area contributed by atoms with Gasteiger partial charge in [-0.3, -0.25) is 9.69 Å². The molecule has 0 N–H and O–H groups in total. The molecule has 0 radical (unpaired) electrons. The van der Waals surface area contributed by atoms with Crippen molar-refractivity contribution in [3.8, 4) is 11.8 Å². The van der Waals surface area contributed by atoms with Gasteiger partial charge in [0.2, 0.25) is 0 Å². The van der Waals surface area contributed by atoms with Crippen molar-refractivity contribution in [1.29, 1.82) is 5.26 Å². The molecule has 2 atom stereocenters. The first-order chi connectivity index (χ1) is 17.5. The third-order valence-corrected chi connectivity index (χ3v) is 6.88. The van der Waals surface area contributed by atoms with Crippen molar-refractivity contribution in [2.24, 2.45) is 7.05 Å². The molecule has 1 saturated heterocycles. The maximum Gasteiger partial charge on any atom is 0.573 e. The highest BCUT2D eigenvalue weighted by Gasteiger charge is 2.35. The van der Waals surface area contributed by atoms with Crippen molar-refractivity contribution in [2.45, 2.75) is 51.7 Å². The van der Waals surface area contributed by atoms with E-state index in [2.05, 4.69) is 25.6 Å². The largest absolute Gasteiger partial charge is 0.573 e. The number of aromatic nitrogens is 2. The second kappa shape index (κ2) is 10.4. The van der Waals surface area contributed by atoms with Crippen LogP contribution in [0.25, 0.3) is 11.0 Å². The molecule has 0 unspecified atom stereocenters. The van der Waals surface area contributed by atoms with E-state index in [0.717, 1.165) is 25.0 Å². The number of nitriles is 1. The summed E-state index contributed by atoms with van der Waals surface area (Å²) in [4.78, 5) is 21.5. The van der Waals surface area contributed by atoms with Gasteiger partial charge in [0.25, 0.3) is 5.56 Å². The molecular formula is C26H27F4N5O2. The Morgan fingerprint density at radius 3 is 2.46 bits per heavy atom. The highest BCUT2D eigenvalue weighted by molar-refractivity contribution is 5.89. The predicted molar refractivity (Wildman–Crippen MR) is 131 cm³/mol. The van der Waals surface area contributed by atoms with Crippen LogP contribution >= 0.6 is 0 Å². The molecule has 37 heavy (non-hydrogen) atoms. The van der Waals surface area contributed by atoms with Gasteiger partial charge < -0.3 is 14.2 Å². The second-order valence-electron chi connectivity index (χ2n) is 9.11. The van der Waals surface area contributed by atoms with Crippen molar-refractivity contribution in [3.63, 3.8) is 0 Å². The van der Waals surface area contributed by atoms with Gasteiger partial charge in [0.1, 0.15) is 28.8 Å². The molecule has 2 aromatic heterocycles. The first kappa shape index (κ1) is 26.4. The summed E-state index contributed by atoms with van der Waals surface area (Å²) in [6.45, 7) is 5.32. The van der Waals surface area contributed by atoms with Crippen LogP contribution < -0.4 is 15.2 Å². The molecular weight excluding hydrogens is 490 g/mol. The van der Waals surface area contributed by atoms with Gasteiger partial charge in [-0.15, -0.1) is 13.2 Å². The fraction of sp³-hybridized carbons (Fsp3) is 0.423. The number of ether oxygens (including phenoxy) is 1. The standard InChI is InChI=1S/C26H27F4N5O2/c1-4-18-15-35(23-11-24(36)33(3)22-9-7-17(12-31)32-25(22)23)19(5-2)14-34(18)13-16-6-8-20(10-21(16)27)37-26(28,29)30/h6-11,18-19H,4-5,13-15H2,1-3H3/t18-,19+/m1/s1. The van der Waals surface area contributed by atoms with Crippen LogP contribution in [0.3, 0.4) is 0 Å². The second-order valence-corrected chi connectivity index (χ2v) is 9.11. The van der Waals surface area contributed by atoms with E-state index in [-0.39, 0.29) is 35.4 Å². The first-order valence-electron chi connectivity index (χ1n) is 12.0. The fourth-order valence-electron chi connectivity index (χ4n) is 4.90. The van der Waals surface area contributed by atoms with Crippen LogP contribution in [-0.2, 0) is 13.6 Å². The van der Waals surface area contributed by atoms with Gasteiger partial charge in [-0.25, -0.2) is 9.37 Å². The highest BCUT2D eigenvalue weighted by atomic mass is 19.4. The number of piperazine rings is 1. The molecule has 1 aliphatic rings. The summed E-state index contributed by atoms with van der Waals surface area (Å²) in [5, 5.41) is 9.37. The topological polar surface area (TPSA) is 74.4 Å². The number of pyridine rings is 2. The van der Waals surface area contributed by atoms with Gasteiger partial charge in [-0.05, 0) is 31.0 Å². The van der Waals surface area contributed by atoms with Gasteiger partial charge in [-0.1, -0.05) is 19.9 Å². The van der Waals surface area contributed by atoms with E-state index in [1.54, 1.807) is 25.2 Å². The van der Waals surface area contributed by atoms with Crippen LogP contribution in [0.2, 0.25) is 0 Å². The number of hydrogen-bond acceptors (Lipinski definition) is 6. The lowest BCUT2D eigenvalue weighted by molar-refractivity contribution is -0.274. The molecule has 1 aromatic carbocycles. The molecule has 0 saturated carbocycles. The molecule has 7 nitrogen and oxygen atoms in total. The normalized spacial score (nSPS) is 18.7. The lowest BCUT2D eigenvalue weighted by Gasteiger charge is -2.47. The Balaban J connectivity index is 1.65. The smallest absolute Gasteiger partial charge is 0.406 e. The van der Waals surface area contributed by atoms with E-state index in [1.807, 2.05) is 13.8 Å². The SMILES string of the molecule is CC[C@@H]1CN(c2cc(=O)n(C)c3ccc(C#N)nc23)[C@@H](CC)CN1Cc1ccc(OC(F)(F)F)cc1F. The van der Waals surface area contributed by atoms with E-state index < -0.39 is 17.9 Å². The van der Waals surface area contributed by atoms with Gasteiger partial charge >= 0.3 is 6.36 Å². The van der Waals surface area contributed by atoms with Crippen molar-refractivity contribution >= 4 is 16.7 Å². The summed E-state index contributed by atoms with van der Waals surface area (Å²) in [6, 6.07) is 10.0. The lowest BCUT2D eigenvalue weighted by Crippen LogP contribution is -2.58. The number of hydrogen-bond donors (Lipinski definition) is 0. The Kier molecular flexibility index (Phi) is 7.41. The molecule has 4 rings (SSSR count). The van der Waals surface area contributed by atoms with Gasteiger partial charge in [0.05, 0.1) is 11.2 Å². The van der Waals surface area contributed by atoms with Gasteiger partial charge in [0.15, 0.2) is 0 Å². The minimum Gasteiger partial charge on any atom is -0.406 e. The van der Waals surface area contributed by atoms with Crippen LogP contribution in [0, 0.1) is 17.1 Å². The van der Waals surface area contributed by atoms with Crippen molar-refractivity contribution in [3.05, 3.63) is 63.8 Å². The summed E-state index contributed by atoms with van der Waals surface area (Å²) >= 11 is 0. The third-order valence-electron chi connectivity index (χ3n) is 6.88. The maximum atomic E-state index is 14.7. The summed E-state index contributed by atoms with van der Waals surface area (Å²) < 4.78 is 57.5. The molecule has 0 bridgehead atoms. The van der Waals surface area contributed by atoms with Crippen LogP contribution in [0.1, 0.15) is 37.9 Å². The Labute approximate surface area is 211 Å². The van der Waals surface area contributed by atoms with Crippen molar-refractivity contribution in [2.75, 3.05) is 18.0 Å². The number of anilines is 1. The Hall–Kier alpha value is -3.65. The Morgan fingerprint density at radius 1 is 1.11 bits per heavy atom. The molecule has 3 heterocycles. The van der Waals surface area contributed by atoms with Gasteiger partial charge in [0, 0.05) is 56.5 Å². The number of fused-ring (bicyclic) bond motifs is 1. The first-order valence-corrected chi connectivity index (χ1v) is 12.0. The minimum atomic E-state index is -4.89. The highest BCUT2D eigenvalue weighted by Crippen LogP contribution is 2.32. The molecule has 1 aliphatic heterocycles. The average Bonchev–Trinajstić information content (AvgIpc) is 2.86. The number of aryl methyl sites for hydroxylation is 1. The molecule has 3 aromatic rings. The summed E-state index contributed by atoms with van der Waals surface area (Å²) in [7, 11) is 1.66. The molecule has 0 aliphatic carbocycles. The molecule has 0 amide bonds. The van der Waals surface area contributed by atoms with Crippen molar-refractivity contribution in [1.82, 2.24) is 14.5 Å². The van der Waals surface area contributed by atoms with E-state index in [0.29, 0.717) is 29.8 Å². The molecule has 1 fully saturated rings. The summed E-state index contributed by atoms with van der Waals surface area (Å²) in [5.41, 5.74) is 2.17. The van der Waals surface area contributed by atoms with E-state index in [1.165, 1.54) is 10.6 Å². The number of alkyl halides is 3. The summed E-state index contributed by atoms with van der Waals surface area (Å²) in [5.74, 6) is -1.36. The molecule has 11 heteroatoms. The number of benzene rings is 1. The van der Waals surface area contributed by atoms with E-state index in [4.69, 9.17) is 0 Å². The van der Waals surface area contributed by atoms with Crippen LogP contribution in [0.15, 0.2) is 41.2 Å². The Morgan fingerprint density at radius 2 is 1.84 bits per heavy atom. The zero-order valence-electron chi connectivity index (χ0n) is 20.7. The fourth-order valence-corrected chi connectivity index (χ4v) is 4.90. The lowest BCUT2D eigenvalue weighted by atomic mass is 10.00. The van der Waals surface area contributed by atoms with Crippen LogP contribution in [0.4, 0.5) is 23.2 Å². The molecule has 196 valence electrons. The number of rotatable bonds is 6. The third kappa shape index (κ3) is 5.54. The van der Waals surface area contributed by atoms with Crippen LogP contribution in [-0.4, -0.2) is 46.0 Å². The number of nitrogens with zero attached hydrogens (tertiary/aromatic N) is 5. The zero-order chi connectivity index (χ0) is 26.9. The summed E-state index contributed by atoms with van der Waals surface area (Å²) in [6.07, 6.45) is -3.44. The number of halogens is 4. The van der Waals surface area contributed by atoms with E-state index in [9.17, 15) is 27.6 Å². The van der Waals surface area contributed by atoms with Gasteiger partial charge in [-0.2, -0.15) is 5.26 Å².